The molecule has 0 saturated carbocycles. The number of aryl methyl sites for hydroxylation is 2. The van der Waals surface area contributed by atoms with Gasteiger partial charge in [-0.2, -0.15) is 0 Å². The molecular formula is C29H35N7O2. The van der Waals surface area contributed by atoms with Crippen LogP contribution in [0.2, 0.25) is 0 Å². The van der Waals surface area contributed by atoms with Crippen LogP contribution in [-0.4, -0.2) is 73.9 Å². The molecular weight excluding hydrogens is 478 g/mol. The number of aromatic amines is 1. The van der Waals surface area contributed by atoms with E-state index in [1.165, 1.54) is 11.1 Å². The Bertz CT molecular complexity index is 1450. The fraction of sp³-hybridized carbons (Fsp3) is 0.448. The van der Waals surface area contributed by atoms with Gasteiger partial charge in [0, 0.05) is 44.9 Å². The van der Waals surface area contributed by atoms with Gasteiger partial charge in [0.15, 0.2) is 5.82 Å². The number of hydrogen-bond donors (Lipinski definition) is 1. The first-order chi connectivity index (χ1) is 18.5. The van der Waals surface area contributed by atoms with Crippen molar-refractivity contribution in [1.29, 1.82) is 0 Å². The van der Waals surface area contributed by atoms with E-state index in [0.29, 0.717) is 17.9 Å². The Labute approximate surface area is 222 Å². The Morgan fingerprint density at radius 1 is 1.08 bits per heavy atom. The summed E-state index contributed by atoms with van der Waals surface area (Å²) >= 11 is 0. The molecule has 9 heteroatoms. The molecule has 1 N–H and O–H groups in total. The van der Waals surface area contributed by atoms with Gasteiger partial charge in [0.25, 0.3) is 5.56 Å². The van der Waals surface area contributed by atoms with E-state index in [-0.39, 0.29) is 17.7 Å². The summed E-state index contributed by atoms with van der Waals surface area (Å²) in [5.41, 5.74) is 5.03. The molecule has 0 aliphatic carbocycles. The molecule has 2 saturated heterocycles. The summed E-state index contributed by atoms with van der Waals surface area (Å²) in [6, 6.07) is 16.5. The SMILES string of the molecule is Cc1cc(C)c2[nH]c(=O)c(C(c3nnnn3CC3CCCO3)N3CCN(Cc4ccccc4)CC3)cc2c1. The number of pyridine rings is 1. The number of hydrogen-bond acceptors (Lipinski definition) is 7. The van der Waals surface area contributed by atoms with E-state index in [9.17, 15) is 4.79 Å². The minimum atomic E-state index is -0.348. The molecule has 2 aromatic heterocycles. The molecule has 9 nitrogen and oxygen atoms in total. The fourth-order valence-electron chi connectivity index (χ4n) is 5.95. The zero-order valence-electron chi connectivity index (χ0n) is 22.1. The molecule has 38 heavy (non-hydrogen) atoms. The lowest BCUT2D eigenvalue weighted by atomic mass is 10.00. The molecule has 2 fully saturated rings. The lowest BCUT2D eigenvalue weighted by molar-refractivity contribution is 0.0840. The van der Waals surface area contributed by atoms with Crippen LogP contribution < -0.4 is 5.56 Å². The third kappa shape index (κ3) is 5.14. The lowest BCUT2D eigenvalue weighted by Gasteiger charge is -2.38. The predicted octanol–water partition coefficient (Wildman–Crippen LogP) is 3.22. The molecule has 2 aliphatic rings. The van der Waals surface area contributed by atoms with Crippen LogP contribution in [0.3, 0.4) is 0 Å². The number of benzene rings is 2. The maximum absolute atomic E-state index is 13.6. The maximum atomic E-state index is 13.6. The summed E-state index contributed by atoms with van der Waals surface area (Å²) in [5, 5.41) is 13.9. The zero-order chi connectivity index (χ0) is 26.1. The molecule has 2 unspecified atom stereocenters. The summed E-state index contributed by atoms with van der Waals surface area (Å²) < 4.78 is 7.74. The van der Waals surface area contributed by atoms with Gasteiger partial charge in [0.1, 0.15) is 6.04 Å². The number of piperazine rings is 1. The largest absolute Gasteiger partial charge is 0.376 e. The Balaban J connectivity index is 1.34. The van der Waals surface area contributed by atoms with Crippen LogP contribution >= 0.6 is 0 Å². The highest BCUT2D eigenvalue weighted by Crippen LogP contribution is 2.29. The van der Waals surface area contributed by atoms with Crippen molar-refractivity contribution in [2.75, 3.05) is 32.8 Å². The van der Waals surface area contributed by atoms with Crippen LogP contribution in [0.5, 0.6) is 0 Å². The van der Waals surface area contributed by atoms with Crippen molar-refractivity contribution in [3.8, 4) is 0 Å². The number of tetrazole rings is 1. The van der Waals surface area contributed by atoms with Crippen molar-refractivity contribution in [2.24, 2.45) is 0 Å². The molecule has 4 heterocycles. The Kier molecular flexibility index (Phi) is 7.06. The summed E-state index contributed by atoms with van der Waals surface area (Å²) in [6.45, 7) is 9.85. The van der Waals surface area contributed by atoms with Crippen molar-refractivity contribution in [1.82, 2.24) is 35.0 Å². The Morgan fingerprint density at radius 3 is 2.66 bits per heavy atom. The van der Waals surface area contributed by atoms with E-state index in [1.807, 2.05) is 17.7 Å². The number of aromatic nitrogens is 5. The van der Waals surface area contributed by atoms with Gasteiger partial charge < -0.3 is 9.72 Å². The second-order valence-electron chi connectivity index (χ2n) is 10.7. The quantitative estimate of drug-likeness (QED) is 0.406. The van der Waals surface area contributed by atoms with Gasteiger partial charge in [-0.3, -0.25) is 14.6 Å². The van der Waals surface area contributed by atoms with E-state index in [0.717, 1.165) is 68.6 Å². The lowest BCUT2D eigenvalue weighted by Crippen LogP contribution is -2.48. The number of ether oxygens (including phenoxy) is 1. The first kappa shape index (κ1) is 24.9. The molecule has 6 rings (SSSR count). The average molecular weight is 514 g/mol. The van der Waals surface area contributed by atoms with Gasteiger partial charge in [0.2, 0.25) is 0 Å². The highest BCUT2D eigenvalue weighted by Gasteiger charge is 2.33. The van der Waals surface area contributed by atoms with Crippen molar-refractivity contribution in [3.63, 3.8) is 0 Å². The molecule has 0 radical (unpaired) electrons. The minimum absolute atomic E-state index is 0.0900. The molecule has 0 bridgehead atoms. The zero-order valence-corrected chi connectivity index (χ0v) is 22.1. The number of fused-ring (bicyclic) bond motifs is 1. The monoisotopic (exact) mass is 513 g/mol. The van der Waals surface area contributed by atoms with Gasteiger partial charge in [-0.1, -0.05) is 42.0 Å². The summed E-state index contributed by atoms with van der Waals surface area (Å²) in [4.78, 5) is 21.6. The van der Waals surface area contributed by atoms with Crippen molar-refractivity contribution in [2.45, 2.75) is 51.9 Å². The number of nitrogens with zero attached hydrogens (tertiary/aromatic N) is 6. The molecule has 0 amide bonds. The van der Waals surface area contributed by atoms with Gasteiger partial charge in [-0.15, -0.1) is 5.10 Å². The van der Waals surface area contributed by atoms with Gasteiger partial charge in [-0.25, -0.2) is 4.68 Å². The van der Waals surface area contributed by atoms with E-state index >= 15 is 0 Å². The Hall–Kier alpha value is -3.40. The highest BCUT2D eigenvalue weighted by molar-refractivity contribution is 5.83. The van der Waals surface area contributed by atoms with E-state index in [2.05, 4.69) is 79.7 Å². The standard InChI is InChI=1S/C29H35N7O2/c1-20-15-21(2)26-23(16-20)17-25(29(37)30-26)27(28-31-32-33-36(28)19-24-9-6-14-38-24)35-12-10-34(11-13-35)18-22-7-4-3-5-8-22/h3-5,7-8,15-17,24,27H,6,9-14,18-19H2,1-2H3,(H,30,37). The second kappa shape index (κ2) is 10.8. The smallest absolute Gasteiger partial charge is 0.253 e. The van der Waals surface area contributed by atoms with E-state index in [4.69, 9.17) is 4.74 Å². The third-order valence-electron chi connectivity index (χ3n) is 7.84. The van der Waals surface area contributed by atoms with Crippen LogP contribution in [0, 0.1) is 13.8 Å². The summed E-state index contributed by atoms with van der Waals surface area (Å²) in [7, 11) is 0. The normalized spacial score (nSPS) is 19.8. The summed E-state index contributed by atoms with van der Waals surface area (Å²) in [5.74, 6) is 0.700. The van der Waals surface area contributed by atoms with Gasteiger partial charge in [0.05, 0.1) is 18.2 Å². The van der Waals surface area contributed by atoms with Crippen LogP contribution in [0.15, 0.2) is 53.3 Å². The average Bonchev–Trinajstić information content (AvgIpc) is 3.60. The number of rotatable bonds is 7. The number of nitrogens with one attached hydrogen (secondary N) is 1. The molecule has 2 atom stereocenters. The van der Waals surface area contributed by atoms with Crippen LogP contribution in [0.1, 0.15) is 47.0 Å². The number of H-pyrrole nitrogens is 1. The molecule has 0 spiro atoms. The van der Waals surface area contributed by atoms with Gasteiger partial charge in [-0.05, 0) is 65.8 Å². The van der Waals surface area contributed by atoms with E-state index in [1.54, 1.807) is 0 Å². The summed E-state index contributed by atoms with van der Waals surface area (Å²) in [6.07, 6.45) is 2.15. The molecule has 4 aromatic rings. The molecule has 2 aliphatic heterocycles. The van der Waals surface area contributed by atoms with Gasteiger partial charge >= 0.3 is 0 Å². The second-order valence-corrected chi connectivity index (χ2v) is 10.7. The van der Waals surface area contributed by atoms with Crippen molar-refractivity contribution < 1.29 is 4.74 Å². The van der Waals surface area contributed by atoms with Crippen molar-refractivity contribution in [3.05, 3.63) is 87.0 Å². The highest BCUT2D eigenvalue weighted by atomic mass is 16.5. The first-order valence-corrected chi connectivity index (χ1v) is 13.6. The Morgan fingerprint density at radius 2 is 1.89 bits per heavy atom. The topological polar surface area (TPSA) is 92.2 Å². The maximum Gasteiger partial charge on any atom is 0.253 e. The first-order valence-electron chi connectivity index (χ1n) is 13.6. The molecule has 198 valence electrons. The van der Waals surface area contributed by atoms with E-state index < -0.39 is 0 Å². The van der Waals surface area contributed by atoms with Crippen LogP contribution in [-0.2, 0) is 17.8 Å². The van der Waals surface area contributed by atoms with Crippen molar-refractivity contribution >= 4 is 10.9 Å². The predicted molar refractivity (Wildman–Crippen MR) is 146 cm³/mol. The van der Waals surface area contributed by atoms with Crippen LogP contribution in [0.4, 0.5) is 0 Å². The minimum Gasteiger partial charge on any atom is -0.376 e. The third-order valence-corrected chi connectivity index (χ3v) is 7.84. The molecule has 2 aromatic carbocycles. The van der Waals surface area contributed by atoms with Crippen LogP contribution in [0.25, 0.3) is 10.9 Å². The fourth-order valence-corrected chi connectivity index (χ4v) is 5.95.